The molecule has 4 aromatic rings. The van der Waals surface area contributed by atoms with Crippen LogP contribution in [0.25, 0.3) is 22.3 Å². The lowest BCUT2D eigenvalue weighted by Crippen LogP contribution is -2.16. The van der Waals surface area contributed by atoms with Crippen molar-refractivity contribution in [2.24, 2.45) is 0 Å². The number of aryl methyl sites for hydroxylation is 2. The predicted molar refractivity (Wildman–Crippen MR) is 124 cm³/mol. The van der Waals surface area contributed by atoms with Crippen molar-refractivity contribution in [3.8, 4) is 22.8 Å². The molecule has 162 valence electrons. The van der Waals surface area contributed by atoms with Gasteiger partial charge in [0, 0.05) is 12.0 Å². The molecule has 5 heteroatoms. The Morgan fingerprint density at radius 3 is 2.38 bits per heavy atom. The molecule has 5 nitrogen and oxygen atoms in total. The summed E-state index contributed by atoms with van der Waals surface area (Å²) in [4.78, 5) is 25.7. The molecule has 0 aliphatic heterocycles. The molecule has 0 aliphatic rings. The molecule has 0 amide bonds. The van der Waals surface area contributed by atoms with E-state index in [1.165, 1.54) is 0 Å². The first-order valence-electron chi connectivity index (χ1n) is 10.5. The van der Waals surface area contributed by atoms with Gasteiger partial charge in [-0.25, -0.2) is 0 Å². The van der Waals surface area contributed by atoms with Crippen molar-refractivity contribution in [1.29, 1.82) is 0 Å². The smallest absolute Gasteiger partial charge is 0.311 e. The van der Waals surface area contributed by atoms with E-state index >= 15 is 0 Å². The molecule has 4 rings (SSSR count). The van der Waals surface area contributed by atoms with E-state index in [4.69, 9.17) is 13.9 Å². The first-order chi connectivity index (χ1) is 15.5. The summed E-state index contributed by atoms with van der Waals surface area (Å²) in [6.45, 7) is 4.27. The molecule has 0 atom stereocenters. The van der Waals surface area contributed by atoms with Crippen LogP contribution in [0.15, 0.2) is 82.0 Å². The van der Waals surface area contributed by atoms with Crippen LogP contribution in [0.5, 0.6) is 11.5 Å². The van der Waals surface area contributed by atoms with Crippen molar-refractivity contribution < 1.29 is 18.7 Å². The number of carbonyl (C=O) groups excluding carboxylic acids is 1. The van der Waals surface area contributed by atoms with E-state index in [-0.39, 0.29) is 23.4 Å². The third-order valence-corrected chi connectivity index (χ3v) is 5.07. The van der Waals surface area contributed by atoms with Gasteiger partial charge in [0.05, 0.1) is 12.0 Å². The van der Waals surface area contributed by atoms with Gasteiger partial charge in [0.15, 0.2) is 5.76 Å². The largest absolute Gasteiger partial charge is 0.494 e. The van der Waals surface area contributed by atoms with Crippen molar-refractivity contribution in [3.63, 3.8) is 0 Å². The number of esters is 1. The highest BCUT2D eigenvalue weighted by atomic mass is 16.5. The van der Waals surface area contributed by atoms with Crippen LogP contribution in [0.4, 0.5) is 0 Å². The Kier molecular flexibility index (Phi) is 6.36. The lowest BCUT2D eigenvalue weighted by molar-refractivity contribution is -0.134. The van der Waals surface area contributed by atoms with E-state index in [1.54, 1.807) is 12.1 Å². The average Bonchev–Trinajstić information content (AvgIpc) is 2.79. The van der Waals surface area contributed by atoms with Gasteiger partial charge in [0.1, 0.15) is 11.3 Å². The van der Waals surface area contributed by atoms with Gasteiger partial charge in [0.2, 0.25) is 11.2 Å². The average molecular weight is 428 g/mol. The number of benzene rings is 3. The molecular formula is C27H24O5. The summed E-state index contributed by atoms with van der Waals surface area (Å²) in [5.41, 5.74) is 2.81. The van der Waals surface area contributed by atoms with Gasteiger partial charge in [-0.05, 0) is 50.1 Å². The molecule has 32 heavy (non-hydrogen) atoms. The molecule has 3 aromatic carbocycles. The van der Waals surface area contributed by atoms with Crippen LogP contribution < -0.4 is 14.9 Å². The molecule has 0 aliphatic carbocycles. The second-order valence-electron chi connectivity index (χ2n) is 7.69. The Morgan fingerprint density at radius 2 is 1.62 bits per heavy atom. The molecule has 0 radical (unpaired) electrons. The minimum Gasteiger partial charge on any atom is -0.494 e. The molecule has 0 saturated carbocycles. The molecular weight excluding hydrogens is 404 g/mol. The maximum absolute atomic E-state index is 13.2. The highest BCUT2D eigenvalue weighted by molar-refractivity contribution is 5.84. The standard InChI is InChI=1S/C27H24O5/c1-18-10-13-20(14-11-18)26-27(25(29)22-15-12-19(2)17-23(22)31-26)32-24(28)9-6-16-30-21-7-4-3-5-8-21/h3-5,7-8,10-15,17H,6,9,16H2,1-2H3. The van der Waals surface area contributed by atoms with Crippen LogP contribution in [-0.2, 0) is 4.79 Å². The normalized spacial score (nSPS) is 10.8. The van der Waals surface area contributed by atoms with Crippen LogP contribution in [0, 0.1) is 13.8 Å². The third-order valence-electron chi connectivity index (χ3n) is 5.07. The molecule has 0 unspecified atom stereocenters. The molecule has 0 fully saturated rings. The van der Waals surface area contributed by atoms with Crippen LogP contribution in [0.2, 0.25) is 0 Å². The number of ether oxygens (including phenoxy) is 2. The van der Waals surface area contributed by atoms with E-state index in [2.05, 4.69) is 0 Å². The number of hydrogen-bond acceptors (Lipinski definition) is 5. The van der Waals surface area contributed by atoms with Gasteiger partial charge in [-0.1, -0.05) is 54.1 Å². The summed E-state index contributed by atoms with van der Waals surface area (Å²) in [5, 5.41) is 0.377. The number of fused-ring (bicyclic) bond motifs is 1. The van der Waals surface area contributed by atoms with Gasteiger partial charge in [-0.3, -0.25) is 9.59 Å². The van der Waals surface area contributed by atoms with Gasteiger partial charge in [-0.2, -0.15) is 0 Å². The quantitative estimate of drug-likeness (QED) is 0.273. The summed E-state index contributed by atoms with van der Waals surface area (Å²) in [6, 6.07) is 22.3. The maximum Gasteiger partial charge on any atom is 0.311 e. The van der Waals surface area contributed by atoms with Gasteiger partial charge >= 0.3 is 5.97 Å². The van der Waals surface area contributed by atoms with Crippen LogP contribution in [-0.4, -0.2) is 12.6 Å². The van der Waals surface area contributed by atoms with Crippen LogP contribution in [0.3, 0.4) is 0 Å². The fourth-order valence-corrected chi connectivity index (χ4v) is 3.36. The van der Waals surface area contributed by atoms with Crippen LogP contribution in [0.1, 0.15) is 24.0 Å². The van der Waals surface area contributed by atoms with E-state index in [0.717, 1.165) is 16.9 Å². The number of rotatable bonds is 7. The first kappa shape index (κ1) is 21.4. The first-order valence-corrected chi connectivity index (χ1v) is 10.5. The number of para-hydroxylation sites is 1. The summed E-state index contributed by atoms with van der Waals surface area (Å²) >= 11 is 0. The van der Waals surface area contributed by atoms with Gasteiger partial charge in [0.25, 0.3) is 0 Å². The van der Waals surface area contributed by atoms with Gasteiger partial charge in [-0.15, -0.1) is 0 Å². The molecule has 0 bridgehead atoms. The zero-order valence-corrected chi connectivity index (χ0v) is 18.1. The third kappa shape index (κ3) is 4.89. The molecule has 1 heterocycles. The van der Waals surface area contributed by atoms with Gasteiger partial charge < -0.3 is 13.9 Å². The maximum atomic E-state index is 13.2. The summed E-state index contributed by atoms with van der Waals surface area (Å²) in [7, 11) is 0. The second kappa shape index (κ2) is 9.52. The Bertz CT molecular complexity index is 1290. The zero-order valence-electron chi connectivity index (χ0n) is 18.1. The highest BCUT2D eigenvalue weighted by Crippen LogP contribution is 2.31. The van der Waals surface area contributed by atoms with Crippen molar-refractivity contribution >= 4 is 16.9 Å². The predicted octanol–water partition coefficient (Wildman–Crippen LogP) is 5.84. The minimum absolute atomic E-state index is 0.0841. The summed E-state index contributed by atoms with van der Waals surface area (Å²) in [5.74, 6) is 0.406. The number of hydrogen-bond donors (Lipinski definition) is 0. The van der Waals surface area contributed by atoms with E-state index < -0.39 is 5.97 Å². The molecule has 0 N–H and O–H groups in total. The van der Waals surface area contributed by atoms with Crippen molar-refractivity contribution in [2.45, 2.75) is 26.7 Å². The Balaban J connectivity index is 1.57. The lowest BCUT2D eigenvalue weighted by Gasteiger charge is -2.11. The number of carbonyl (C=O) groups is 1. The van der Waals surface area contributed by atoms with Crippen molar-refractivity contribution in [1.82, 2.24) is 0 Å². The van der Waals surface area contributed by atoms with Crippen molar-refractivity contribution in [2.75, 3.05) is 6.61 Å². The van der Waals surface area contributed by atoms with E-state index in [0.29, 0.717) is 29.6 Å². The summed E-state index contributed by atoms with van der Waals surface area (Å²) < 4.78 is 17.2. The Hall–Kier alpha value is -3.86. The Labute approximate surface area is 186 Å². The molecule has 0 saturated heterocycles. The highest BCUT2D eigenvalue weighted by Gasteiger charge is 2.20. The van der Waals surface area contributed by atoms with Crippen LogP contribution >= 0.6 is 0 Å². The fraction of sp³-hybridized carbons (Fsp3) is 0.185. The SMILES string of the molecule is Cc1ccc(-c2oc3cc(C)ccc3c(=O)c2OC(=O)CCCOc2ccccc2)cc1. The lowest BCUT2D eigenvalue weighted by atomic mass is 10.1. The molecule has 1 aromatic heterocycles. The van der Waals surface area contributed by atoms with E-state index in [9.17, 15) is 9.59 Å². The van der Waals surface area contributed by atoms with E-state index in [1.807, 2.05) is 74.5 Å². The molecule has 0 spiro atoms. The van der Waals surface area contributed by atoms with Crippen molar-refractivity contribution in [3.05, 3.63) is 94.1 Å². The second-order valence-corrected chi connectivity index (χ2v) is 7.69. The topological polar surface area (TPSA) is 65.7 Å². The minimum atomic E-state index is -0.506. The monoisotopic (exact) mass is 428 g/mol. The zero-order chi connectivity index (χ0) is 22.5. The Morgan fingerprint density at radius 1 is 0.906 bits per heavy atom. The summed E-state index contributed by atoms with van der Waals surface area (Å²) in [6.07, 6.45) is 0.581. The fourth-order valence-electron chi connectivity index (χ4n) is 3.36.